The quantitative estimate of drug-likeness (QED) is 0.794. The van der Waals surface area contributed by atoms with E-state index >= 15 is 0 Å². The second-order valence-electron chi connectivity index (χ2n) is 3.78. The minimum absolute atomic E-state index is 0.000596. The standard InChI is InChI=1S/C12H13N3O2/c1-3-11(17)15-12-13-9-5-4-8(7(2)16)6-10(9)14-12/h4-6H,3H2,1-2H3,(H2,13,14,15,17). The Morgan fingerprint density at radius 2 is 2.18 bits per heavy atom. The summed E-state index contributed by atoms with van der Waals surface area (Å²) >= 11 is 0. The van der Waals surface area contributed by atoms with E-state index < -0.39 is 0 Å². The van der Waals surface area contributed by atoms with Crippen molar-refractivity contribution in [1.82, 2.24) is 9.97 Å². The zero-order chi connectivity index (χ0) is 12.4. The van der Waals surface area contributed by atoms with Crippen molar-refractivity contribution in [3.63, 3.8) is 0 Å². The summed E-state index contributed by atoms with van der Waals surface area (Å²) < 4.78 is 0. The average molecular weight is 231 g/mol. The number of carbonyl (C=O) groups is 2. The normalized spacial score (nSPS) is 10.5. The number of imidazole rings is 1. The molecule has 0 fully saturated rings. The lowest BCUT2D eigenvalue weighted by Crippen LogP contribution is -2.10. The Kier molecular flexibility index (Phi) is 2.91. The van der Waals surface area contributed by atoms with Crippen LogP contribution in [0.1, 0.15) is 30.6 Å². The van der Waals surface area contributed by atoms with Crippen molar-refractivity contribution in [3.8, 4) is 0 Å². The fourth-order valence-electron chi connectivity index (χ4n) is 1.51. The first-order chi connectivity index (χ1) is 8.10. The second-order valence-corrected chi connectivity index (χ2v) is 3.78. The minimum Gasteiger partial charge on any atom is -0.324 e. The van der Waals surface area contributed by atoms with Crippen molar-refractivity contribution in [1.29, 1.82) is 0 Å². The number of ketones is 1. The van der Waals surface area contributed by atoms with Gasteiger partial charge in [-0.15, -0.1) is 0 Å². The molecule has 0 spiro atoms. The van der Waals surface area contributed by atoms with Crippen molar-refractivity contribution in [2.24, 2.45) is 0 Å². The van der Waals surface area contributed by atoms with Gasteiger partial charge in [-0.3, -0.25) is 14.9 Å². The molecule has 17 heavy (non-hydrogen) atoms. The van der Waals surface area contributed by atoms with Crippen LogP contribution in [0.5, 0.6) is 0 Å². The summed E-state index contributed by atoms with van der Waals surface area (Å²) in [6.07, 6.45) is 0.399. The number of anilines is 1. The van der Waals surface area contributed by atoms with Crippen LogP contribution in [0, 0.1) is 0 Å². The smallest absolute Gasteiger partial charge is 0.226 e. The number of hydrogen-bond acceptors (Lipinski definition) is 3. The summed E-state index contributed by atoms with van der Waals surface area (Å²) in [7, 11) is 0. The Balaban J connectivity index is 2.37. The van der Waals surface area contributed by atoms with Crippen LogP contribution in [0.2, 0.25) is 0 Å². The summed E-state index contributed by atoms with van der Waals surface area (Å²) in [4.78, 5) is 29.6. The molecule has 1 aromatic carbocycles. The third-order valence-electron chi connectivity index (χ3n) is 2.47. The molecule has 0 aliphatic heterocycles. The van der Waals surface area contributed by atoms with Gasteiger partial charge in [0.15, 0.2) is 5.78 Å². The molecule has 0 atom stereocenters. The van der Waals surface area contributed by atoms with Gasteiger partial charge >= 0.3 is 0 Å². The molecule has 0 aliphatic rings. The highest BCUT2D eigenvalue weighted by Gasteiger charge is 2.07. The zero-order valence-corrected chi connectivity index (χ0v) is 9.70. The van der Waals surface area contributed by atoms with Crippen LogP contribution < -0.4 is 5.32 Å². The molecular formula is C12H13N3O2. The lowest BCUT2D eigenvalue weighted by Gasteiger charge is -1.96. The van der Waals surface area contributed by atoms with Crippen molar-refractivity contribution in [2.45, 2.75) is 20.3 Å². The molecule has 2 rings (SSSR count). The SMILES string of the molecule is CCC(=O)Nc1nc2ccc(C(C)=O)cc2[nH]1. The van der Waals surface area contributed by atoms with E-state index in [0.717, 1.165) is 11.0 Å². The summed E-state index contributed by atoms with van der Waals surface area (Å²) in [5.41, 5.74) is 2.08. The molecule has 1 aromatic heterocycles. The average Bonchev–Trinajstić information content (AvgIpc) is 2.69. The lowest BCUT2D eigenvalue weighted by atomic mass is 10.1. The number of nitrogens with zero attached hydrogens (tertiary/aromatic N) is 1. The first kappa shape index (κ1) is 11.3. The maximum Gasteiger partial charge on any atom is 0.226 e. The highest BCUT2D eigenvalue weighted by Crippen LogP contribution is 2.16. The van der Waals surface area contributed by atoms with Crippen LogP contribution in [0.25, 0.3) is 11.0 Å². The van der Waals surface area contributed by atoms with E-state index in [1.807, 2.05) is 0 Å². The zero-order valence-electron chi connectivity index (χ0n) is 9.70. The number of rotatable bonds is 3. The predicted octanol–water partition coefficient (Wildman–Crippen LogP) is 2.11. The Hall–Kier alpha value is -2.17. The lowest BCUT2D eigenvalue weighted by molar-refractivity contribution is -0.115. The van der Waals surface area contributed by atoms with Crippen molar-refractivity contribution in [3.05, 3.63) is 23.8 Å². The summed E-state index contributed by atoms with van der Waals surface area (Å²) in [6.45, 7) is 3.28. The minimum atomic E-state index is -0.101. The van der Waals surface area contributed by atoms with Crippen molar-refractivity contribution in [2.75, 3.05) is 5.32 Å². The number of nitrogens with one attached hydrogen (secondary N) is 2. The molecule has 2 aromatic rings. The molecule has 1 heterocycles. The van der Waals surface area contributed by atoms with Gasteiger partial charge in [0.25, 0.3) is 0 Å². The van der Waals surface area contributed by atoms with Crippen molar-refractivity contribution < 1.29 is 9.59 Å². The van der Waals surface area contributed by atoms with Crippen LogP contribution in [-0.2, 0) is 4.79 Å². The Labute approximate surface area is 98.2 Å². The van der Waals surface area contributed by atoms with E-state index in [0.29, 0.717) is 17.9 Å². The number of aromatic amines is 1. The van der Waals surface area contributed by atoms with Gasteiger partial charge in [0.05, 0.1) is 11.0 Å². The third kappa shape index (κ3) is 2.33. The van der Waals surface area contributed by atoms with Crippen molar-refractivity contribution >= 4 is 28.7 Å². The van der Waals surface area contributed by atoms with E-state index in [4.69, 9.17) is 0 Å². The van der Waals surface area contributed by atoms with Gasteiger partial charge < -0.3 is 4.98 Å². The van der Waals surface area contributed by atoms with Gasteiger partial charge in [0.2, 0.25) is 11.9 Å². The van der Waals surface area contributed by atoms with E-state index in [1.165, 1.54) is 6.92 Å². The summed E-state index contributed by atoms with van der Waals surface area (Å²) in [5, 5.41) is 2.64. The first-order valence-corrected chi connectivity index (χ1v) is 5.40. The maximum atomic E-state index is 11.2. The topological polar surface area (TPSA) is 74.8 Å². The predicted molar refractivity (Wildman–Crippen MR) is 65.0 cm³/mol. The highest BCUT2D eigenvalue weighted by molar-refractivity contribution is 5.98. The molecule has 0 radical (unpaired) electrons. The van der Waals surface area contributed by atoms with E-state index in [9.17, 15) is 9.59 Å². The van der Waals surface area contributed by atoms with E-state index in [-0.39, 0.29) is 11.7 Å². The molecule has 0 unspecified atom stereocenters. The number of aromatic nitrogens is 2. The second kappa shape index (κ2) is 4.37. The fourth-order valence-corrected chi connectivity index (χ4v) is 1.51. The largest absolute Gasteiger partial charge is 0.324 e. The number of hydrogen-bond donors (Lipinski definition) is 2. The molecule has 0 aliphatic carbocycles. The Bertz CT molecular complexity index is 586. The monoisotopic (exact) mass is 231 g/mol. The fraction of sp³-hybridized carbons (Fsp3) is 0.250. The summed E-state index contributed by atoms with van der Waals surface area (Å²) in [6, 6.07) is 5.20. The highest BCUT2D eigenvalue weighted by atomic mass is 16.1. The maximum absolute atomic E-state index is 11.2. The van der Waals surface area contributed by atoms with Gasteiger partial charge in [-0.1, -0.05) is 6.92 Å². The number of amides is 1. The van der Waals surface area contributed by atoms with Gasteiger partial charge in [-0.2, -0.15) is 0 Å². The molecule has 88 valence electrons. The molecule has 0 saturated heterocycles. The van der Waals surface area contributed by atoms with E-state index in [1.54, 1.807) is 25.1 Å². The molecule has 0 saturated carbocycles. The first-order valence-electron chi connectivity index (χ1n) is 5.40. The van der Waals surface area contributed by atoms with Crippen LogP contribution in [0.4, 0.5) is 5.95 Å². The number of Topliss-reactive ketones (excluding diaryl/α,β-unsaturated/α-hetero) is 1. The molecule has 1 amide bonds. The molecule has 5 heteroatoms. The van der Waals surface area contributed by atoms with Gasteiger partial charge in [-0.05, 0) is 25.1 Å². The van der Waals surface area contributed by atoms with Crippen LogP contribution in [0.15, 0.2) is 18.2 Å². The number of fused-ring (bicyclic) bond motifs is 1. The molecular weight excluding hydrogens is 218 g/mol. The van der Waals surface area contributed by atoms with Gasteiger partial charge in [0, 0.05) is 12.0 Å². The molecule has 2 N–H and O–H groups in total. The number of H-pyrrole nitrogens is 1. The number of carbonyl (C=O) groups excluding carboxylic acids is 2. The molecule has 0 bridgehead atoms. The number of benzene rings is 1. The molecule has 5 nitrogen and oxygen atoms in total. The van der Waals surface area contributed by atoms with Gasteiger partial charge in [-0.25, -0.2) is 4.98 Å². The van der Waals surface area contributed by atoms with Crippen LogP contribution in [0.3, 0.4) is 0 Å². The van der Waals surface area contributed by atoms with Crippen LogP contribution >= 0.6 is 0 Å². The van der Waals surface area contributed by atoms with Crippen LogP contribution in [-0.4, -0.2) is 21.7 Å². The third-order valence-corrected chi connectivity index (χ3v) is 2.47. The summed E-state index contributed by atoms with van der Waals surface area (Å²) in [5.74, 6) is 0.309. The Morgan fingerprint density at radius 3 is 2.82 bits per heavy atom. The Morgan fingerprint density at radius 1 is 1.41 bits per heavy atom. The van der Waals surface area contributed by atoms with Gasteiger partial charge in [0.1, 0.15) is 0 Å². The van der Waals surface area contributed by atoms with E-state index in [2.05, 4.69) is 15.3 Å².